The molecule has 2 saturated heterocycles. The molecule has 3 heterocycles. The van der Waals surface area contributed by atoms with Crippen LogP contribution in [0.5, 0.6) is 0 Å². The quantitative estimate of drug-likeness (QED) is 0.636. The van der Waals surface area contributed by atoms with E-state index in [1.807, 2.05) is 4.90 Å². The fourth-order valence-corrected chi connectivity index (χ4v) is 4.62. The largest absolute Gasteiger partial charge is 0.413 e. The summed E-state index contributed by atoms with van der Waals surface area (Å²) >= 11 is 0.819. The van der Waals surface area contributed by atoms with E-state index in [0.717, 1.165) is 42.7 Å². The second kappa shape index (κ2) is 7.47. The number of amidine groups is 1. The Balaban J connectivity index is 1.71. The third-order valence-electron chi connectivity index (χ3n) is 5.22. The van der Waals surface area contributed by atoms with E-state index in [2.05, 4.69) is 24.6 Å². The highest BCUT2D eigenvalue weighted by Crippen LogP contribution is 2.44. The van der Waals surface area contributed by atoms with E-state index in [9.17, 15) is 18.0 Å². The molecule has 0 saturated carbocycles. The molecule has 0 aromatic rings. The van der Waals surface area contributed by atoms with Gasteiger partial charge >= 0.3 is 6.18 Å². The number of ether oxygens (including phenoxy) is 1. The molecule has 3 aliphatic rings. The summed E-state index contributed by atoms with van der Waals surface area (Å²) < 4.78 is 44.8. The summed E-state index contributed by atoms with van der Waals surface area (Å²) in [5, 5.41) is 0.351. The van der Waals surface area contributed by atoms with Gasteiger partial charge in [0.05, 0.1) is 17.1 Å². The van der Waals surface area contributed by atoms with Gasteiger partial charge in [0.25, 0.3) is 5.91 Å². The van der Waals surface area contributed by atoms with Gasteiger partial charge < -0.3 is 9.64 Å². The Morgan fingerprint density at radius 1 is 1.41 bits per heavy atom. The lowest BCUT2D eigenvalue weighted by Crippen LogP contribution is -2.46. The van der Waals surface area contributed by atoms with Gasteiger partial charge in [0.15, 0.2) is 5.17 Å². The lowest BCUT2D eigenvalue weighted by molar-refractivity contribution is -0.115. The molecule has 148 valence electrons. The summed E-state index contributed by atoms with van der Waals surface area (Å²) in [6, 6.07) is 0. The molecule has 0 N–H and O–H groups in total. The van der Waals surface area contributed by atoms with E-state index in [-0.39, 0.29) is 10.5 Å². The molecule has 0 unspecified atom stereocenters. The molecule has 0 radical (unpaired) electrons. The predicted molar refractivity (Wildman–Crippen MR) is 100 cm³/mol. The van der Waals surface area contributed by atoms with Gasteiger partial charge in [-0.1, -0.05) is 26.0 Å². The van der Waals surface area contributed by atoms with Crippen molar-refractivity contribution in [2.45, 2.75) is 51.3 Å². The van der Waals surface area contributed by atoms with Gasteiger partial charge in [-0.3, -0.25) is 4.79 Å². The first-order valence-corrected chi connectivity index (χ1v) is 9.86. The van der Waals surface area contributed by atoms with Crippen LogP contribution in [-0.2, 0) is 9.53 Å². The molecule has 2 fully saturated rings. The highest BCUT2D eigenvalue weighted by Gasteiger charge is 2.45. The molecule has 1 amide bonds. The minimum absolute atomic E-state index is 0.327. The Morgan fingerprint density at radius 2 is 2.07 bits per heavy atom. The minimum atomic E-state index is -4.52. The van der Waals surface area contributed by atoms with Crippen LogP contribution < -0.4 is 0 Å². The Labute approximate surface area is 161 Å². The van der Waals surface area contributed by atoms with Crippen molar-refractivity contribution in [2.24, 2.45) is 4.99 Å². The number of amides is 1. The number of unbranched alkanes of at least 4 members (excludes halogenated alkanes) is 1. The first-order valence-electron chi connectivity index (χ1n) is 9.04. The second-order valence-corrected chi connectivity index (χ2v) is 8.01. The summed E-state index contributed by atoms with van der Waals surface area (Å²) in [5.41, 5.74) is 0.919. The number of likely N-dealkylation sites (tertiary alicyclic amines) is 1. The maximum absolute atomic E-state index is 12.9. The summed E-state index contributed by atoms with van der Waals surface area (Å²) in [5.74, 6) is -0.806. The number of piperidine rings is 1. The van der Waals surface area contributed by atoms with Crippen LogP contribution in [0.15, 0.2) is 39.3 Å². The van der Waals surface area contributed by atoms with Gasteiger partial charge in [0, 0.05) is 18.7 Å². The molecule has 0 bridgehead atoms. The van der Waals surface area contributed by atoms with Gasteiger partial charge in [-0.15, -0.1) is 0 Å². The van der Waals surface area contributed by atoms with E-state index in [1.54, 1.807) is 0 Å². The zero-order valence-corrected chi connectivity index (χ0v) is 16.3. The number of hydrogen-bond donors (Lipinski definition) is 0. The third kappa shape index (κ3) is 3.87. The smallest absolute Gasteiger partial charge is 0.365 e. The number of thioether (sulfide) groups is 1. The number of rotatable bonds is 2. The van der Waals surface area contributed by atoms with E-state index in [4.69, 9.17) is 4.74 Å². The van der Waals surface area contributed by atoms with E-state index in [0.29, 0.717) is 37.7 Å². The number of alkyl halides is 3. The zero-order valence-electron chi connectivity index (χ0n) is 15.5. The Hall–Kier alpha value is -1.54. The van der Waals surface area contributed by atoms with Crippen LogP contribution in [0, 0.1) is 0 Å². The van der Waals surface area contributed by atoms with Crippen LogP contribution in [-0.4, -0.2) is 47.4 Å². The van der Waals surface area contributed by atoms with Crippen molar-refractivity contribution in [3.8, 4) is 0 Å². The van der Waals surface area contributed by atoms with Crippen LogP contribution in [0.3, 0.4) is 0 Å². The van der Waals surface area contributed by atoms with Gasteiger partial charge in [0.2, 0.25) is 0 Å². The van der Waals surface area contributed by atoms with E-state index < -0.39 is 17.7 Å². The monoisotopic (exact) mass is 400 g/mol. The van der Waals surface area contributed by atoms with Crippen LogP contribution in [0.1, 0.15) is 39.5 Å². The van der Waals surface area contributed by atoms with Gasteiger partial charge in [-0.25, -0.2) is 0 Å². The molecule has 0 aromatic heterocycles. The molecule has 27 heavy (non-hydrogen) atoms. The number of carbonyl (C=O) groups is 1. The normalized spacial score (nSPS) is 26.3. The molecule has 1 spiro atoms. The lowest BCUT2D eigenvalue weighted by atomic mass is 9.82. The highest BCUT2D eigenvalue weighted by molar-refractivity contribution is 8.18. The SMILES string of the molecule is C=C1COC2(CCN(C3=NC(=O)/C(=C(\C)C(F)(F)F)S3)CC2)/C1=C/CCC. The molecular formula is C19H23F3N2O2S. The number of carbonyl (C=O) groups excluding carboxylic acids is 1. The zero-order chi connectivity index (χ0) is 19.8. The summed E-state index contributed by atoms with van der Waals surface area (Å²) in [7, 11) is 0. The summed E-state index contributed by atoms with van der Waals surface area (Å²) in [6.45, 7) is 8.82. The Bertz CT molecular complexity index is 745. The van der Waals surface area contributed by atoms with Gasteiger partial charge in [0.1, 0.15) is 0 Å². The fourth-order valence-electron chi connectivity index (χ4n) is 3.59. The Kier molecular flexibility index (Phi) is 5.59. The topological polar surface area (TPSA) is 41.9 Å². The molecule has 3 aliphatic heterocycles. The van der Waals surface area contributed by atoms with Crippen LogP contribution in [0.25, 0.3) is 0 Å². The second-order valence-electron chi connectivity index (χ2n) is 7.03. The van der Waals surface area contributed by atoms with Crippen molar-refractivity contribution < 1.29 is 22.7 Å². The standard InChI is InChI=1S/C19H23F3N2O2S/c1-4-5-6-14-12(2)11-26-18(14)7-9-24(10-8-18)17-23-16(25)15(27-17)13(3)19(20,21)22/h6H,2,4-5,7-11H2,1,3H3/b14-6+,15-13-. The number of allylic oxidation sites excluding steroid dienone is 2. The molecule has 0 atom stereocenters. The van der Waals surface area contributed by atoms with E-state index >= 15 is 0 Å². The highest BCUT2D eigenvalue weighted by atomic mass is 32.2. The molecule has 4 nitrogen and oxygen atoms in total. The van der Waals surface area contributed by atoms with Crippen LogP contribution in [0.4, 0.5) is 13.2 Å². The summed E-state index contributed by atoms with van der Waals surface area (Å²) in [6.07, 6.45) is 1.09. The van der Waals surface area contributed by atoms with Crippen molar-refractivity contribution in [1.29, 1.82) is 0 Å². The molecule has 3 rings (SSSR count). The molecular weight excluding hydrogens is 377 g/mol. The number of halogens is 3. The Morgan fingerprint density at radius 3 is 2.67 bits per heavy atom. The molecule has 0 aliphatic carbocycles. The average molecular weight is 400 g/mol. The average Bonchev–Trinajstić information content (AvgIpc) is 3.14. The van der Waals surface area contributed by atoms with Crippen molar-refractivity contribution in [3.63, 3.8) is 0 Å². The first kappa shape index (κ1) is 20.2. The summed E-state index contributed by atoms with van der Waals surface area (Å²) in [4.78, 5) is 17.4. The molecule has 0 aromatic carbocycles. The third-order valence-corrected chi connectivity index (χ3v) is 6.44. The first-order chi connectivity index (χ1) is 12.7. The molecule has 8 heteroatoms. The number of aliphatic imine (C=N–C) groups is 1. The van der Waals surface area contributed by atoms with Crippen molar-refractivity contribution >= 4 is 22.8 Å². The van der Waals surface area contributed by atoms with Crippen molar-refractivity contribution in [3.05, 3.63) is 34.3 Å². The van der Waals surface area contributed by atoms with Gasteiger partial charge in [-0.2, -0.15) is 18.2 Å². The maximum Gasteiger partial charge on any atom is 0.413 e. The van der Waals surface area contributed by atoms with Crippen LogP contribution in [0.2, 0.25) is 0 Å². The van der Waals surface area contributed by atoms with Crippen molar-refractivity contribution in [1.82, 2.24) is 4.90 Å². The number of hydrogen-bond acceptors (Lipinski definition) is 4. The number of nitrogens with zero attached hydrogens (tertiary/aromatic N) is 2. The fraction of sp³-hybridized carbons (Fsp3) is 0.579. The van der Waals surface area contributed by atoms with E-state index in [1.165, 1.54) is 0 Å². The van der Waals surface area contributed by atoms with Gasteiger partial charge in [-0.05, 0) is 49.1 Å². The lowest BCUT2D eigenvalue weighted by Gasteiger charge is -2.40. The maximum atomic E-state index is 12.9. The minimum Gasteiger partial charge on any atom is -0.365 e. The van der Waals surface area contributed by atoms with Crippen molar-refractivity contribution in [2.75, 3.05) is 19.7 Å². The predicted octanol–water partition coefficient (Wildman–Crippen LogP) is 4.60. The van der Waals surface area contributed by atoms with Crippen LogP contribution >= 0.6 is 11.8 Å².